The Morgan fingerprint density at radius 3 is 2.60 bits per heavy atom. The fourth-order valence-electron chi connectivity index (χ4n) is 0.895. The number of nitrogens with zero attached hydrogens (tertiary/aromatic N) is 2. The van der Waals surface area contributed by atoms with Crippen molar-refractivity contribution < 1.29 is 19.7 Å². The highest BCUT2D eigenvalue weighted by Gasteiger charge is 2.27. The lowest BCUT2D eigenvalue weighted by Crippen LogP contribution is -2.29. The van der Waals surface area contributed by atoms with Gasteiger partial charge in [-0.15, -0.1) is 5.10 Å². The van der Waals surface area contributed by atoms with Gasteiger partial charge in [-0.25, -0.2) is 4.79 Å². The molecule has 0 bridgehead atoms. The van der Waals surface area contributed by atoms with E-state index in [0.717, 1.165) is 7.11 Å². The molecule has 0 fully saturated rings. The van der Waals surface area contributed by atoms with E-state index in [2.05, 4.69) is 14.9 Å². The second kappa shape index (κ2) is 5.01. The van der Waals surface area contributed by atoms with Crippen LogP contribution in [0, 0.1) is 0 Å². The number of carbonyl (C=O) groups is 1. The minimum absolute atomic E-state index is 0.0392. The Labute approximate surface area is 90.5 Å². The van der Waals surface area contributed by atoms with Crippen molar-refractivity contribution in [3.05, 3.63) is 23.0 Å². The molecule has 0 spiro atoms. The number of halogens is 1. The topological polar surface area (TPSA) is 92.5 Å². The summed E-state index contributed by atoms with van der Waals surface area (Å²) in [5, 5.41) is 25.9. The largest absolute Gasteiger partial charge is 0.467 e. The number of aromatic nitrogens is 2. The monoisotopic (exact) mass is 232 g/mol. The number of esters is 1. The normalized spacial score (nSPS) is 14.4. The zero-order chi connectivity index (χ0) is 11.4. The lowest BCUT2D eigenvalue weighted by atomic mass is 10.1. The molecule has 1 rings (SSSR count). The molecule has 0 aliphatic rings. The smallest absolute Gasteiger partial charge is 0.337 e. The Morgan fingerprint density at radius 2 is 2.13 bits per heavy atom. The molecule has 82 valence electrons. The lowest BCUT2D eigenvalue weighted by Gasteiger charge is -2.14. The number of methoxy groups -OCH3 is 1. The van der Waals surface area contributed by atoms with Gasteiger partial charge in [0.25, 0.3) is 0 Å². The van der Waals surface area contributed by atoms with E-state index in [0.29, 0.717) is 0 Å². The molecule has 0 radical (unpaired) electrons. The van der Waals surface area contributed by atoms with E-state index in [9.17, 15) is 15.0 Å². The van der Waals surface area contributed by atoms with Crippen molar-refractivity contribution in [1.82, 2.24) is 10.2 Å². The molecule has 1 aromatic heterocycles. The maximum absolute atomic E-state index is 10.9. The summed E-state index contributed by atoms with van der Waals surface area (Å²) in [5.74, 6) is -0.945. The minimum Gasteiger partial charge on any atom is -0.467 e. The fraction of sp³-hybridized carbons (Fsp3) is 0.375. The molecule has 7 heteroatoms. The molecule has 15 heavy (non-hydrogen) atoms. The van der Waals surface area contributed by atoms with Crippen molar-refractivity contribution in [3.8, 4) is 0 Å². The van der Waals surface area contributed by atoms with Gasteiger partial charge in [0.05, 0.1) is 12.8 Å². The Balaban J connectivity index is 2.80. The van der Waals surface area contributed by atoms with Crippen LogP contribution in [-0.2, 0) is 9.53 Å². The van der Waals surface area contributed by atoms with Gasteiger partial charge in [0.2, 0.25) is 0 Å². The van der Waals surface area contributed by atoms with Gasteiger partial charge >= 0.3 is 5.97 Å². The quantitative estimate of drug-likeness (QED) is 0.695. The molecule has 0 aliphatic heterocycles. The van der Waals surface area contributed by atoms with Gasteiger partial charge in [-0.05, 0) is 12.1 Å². The molecule has 1 aromatic rings. The van der Waals surface area contributed by atoms with Crippen LogP contribution in [0.4, 0.5) is 0 Å². The second-order valence-corrected chi connectivity index (χ2v) is 3.08. The van der Waals surface area contributed by atoms with Crippen LogP contribution >= 0.6 is 11.6 Å². The van der Waals surface area contributed by atoms with E-state index < -0.39 is 18.2 Å². The van der Waals surface area contributed by atoms with Crippen molar-refractivity contribution in [2.45, 2.75) is 12.2 Å². The van der Waals surface area contributed by atoms with Gasteiger partial charge in [-0.1, -0.05) is 11.6 Å². The molecular weight excluding hydrogens is 224 g/mol. The molecule has 1 heterocycles. The molecule has 0 saturated carbocycles. The van der Waals surface area contributed by atoms with Crippen molar-refractivity contribution in [1.29, 1.82) is 0 Å². The van der Waals surface area contributed by atoms with Crippen molar-refractivity contribution in [3.63, 3.8) is 0 Å². The average Bonchev–Trinajstić information content (AvgIpc) is 2.27. The minimum atomic E-state index is -1.69. The third-order valence-electron chi connectivity index (χ3n) is 1.70. The first-order valence-electron chi connectivity index (χ1n) is 3.99. The van der Waals surface area contributed by atoms with Gasteiger partial charge in [0, 0.05) is 0 Å². The maximum Gasteiger partial charge on any atom is 0.337 e. The Kier molecular flexibility index (Phi) is 3.96. The van der Waals surface area contributed by atoms with Crippen molar-refractivity contribution in [2.24, 2.45) is 0 Å². The molecule has 2 atom stereocenters. The first-order valence-corrected chi connectivity index (χ1v) is 4.37. The predicted molar refractivity (Wildman–Crippen MR) is 50.0 cm³/mol. The van der Waals surface area contributed by atoms with Crippen LogP contribution in [0.3, 0.4) is 0 Å². The van der Waals surface area contributed by atoms with Gasteiger partial charge in [0.15, 0.2) is 11.3 Å². The highest BCUT2D eigenvalue weighted by Crippen LogP contribution is 2.15. The lowest BCUT2D eigenvalue weighted by molar-refractivity contribution is -0.157. The first kappa shape index (κ1) is 11.8. The number of carbonyl (C=O) groups excluding carboxylic acids is 1. The van der Waals surface area contributed by atoms with Crippen LogP contribution in [0.2, 0.25) is 5.15 Å². The summed E-state index contributed by atoms with van der Waals surface area (Å²) in [4.78, 5) is 10.9. The SMILES string of the molecule is COC(=O)C(O)C(O)c1ccc(Cl)nn1. The highest BCUT2D eigenvalue weighted by atomic mass is 35.5. The van der Waals surface area contributed by atoms with Crippen LogP contribution in [-0.4, -0.2) is 39.6 Å². The summed E-state index contributed by atoms with van der Waals surface area (Å²) >= 11 is 5.48. The molecule has 0 amide bonds. The van der Waals surface area contributed by atoms with Crippen LogP contribution in [0.1, 0.15) is 11.8 Å². The average molecular weight is 233 g/mol. The van der Waals surface area contributed by atoms with Crippen LogP contribution in [0.25, 0.3) is 0 Å². The van der Waals surface area contributed by atoms with E-state index in [-0.39, 0.29) is 10.8 Å². The van der Waals surface area contributed by atoms with E-state index in [1.165, 1.54) is 12.1 Å². The predicted octanol–water partition coefficient (Wildman–Crippen LogP) is -0.303. The summed E-state index contributed by atoms with van der Waals surface area (Å²) in [6.07, 6.45) is -3.17. The first-order chi connectivity index (χ1) is 7.06. The summed E-state index contributed by atoms with van der Waals surface area (Å²) in [6.45, 7) is 0. The third-order valence-corrected chi connectivity index (χ3v) is 1.90. The summed E-state index contributed by atoms with van der Waals surface area (Å²) in [7, 11) is 1.10. The molecular formula is C8H9ClN2O4. The Morgan fingerprint density at radius 1 is 1.47 bits per heavy atom. The second-order valence-electron chi connectivity index (χ2n) is 2.69. The van der Waals surface area contributed by atoms with E-state index in [1.807, 2.05) is 0 Å². The van der Waals surface area contributed by atoms with E-state index in [1.54, 1.807) is 0 Å². The number of aliphatic hydroxyl groups excluding tert-OH is 2. The molecule has 6 nitrogen and oxygen atoms in total. The standard InChI is InChI=1S/C8H9ClN2O4/c1-15-8(14)7(13)6(12)4-2-3-5(9)11-10-4/h2-3,6-7,12-13H,1H3. The molecule has 0 aromatic carbocycles. The molecule has 0 saturated heterocycles. The fourth-order valence-corrected chi connectivity index (χ4v) is 0.996. The molecule has 2 unspecified atom stereocenters. The molecule has 0 aliphatic carbocycles. The third kappa shape index (κ3) is 2.85. The molecule has 2 N–H and O–H groups in total. The van der Waals surface area contributed by atoms with Gasteiger partial charge < -0.3 is 14.9 Å². The summed E-state index contributed by atoms with van der Waals surface area (Å²) in [6, 6.07) is 2.74. The van der Waals surface area contributed by atoms with Crippen LogP contribution < -0.4 is 0 Å². The number of ether oxygens (including phenoxy) is 1. The zero-order valence-electron chi connectivity index (χ0n) is 7.79. The highest BCUT2D eigenvalue weighted by molar-refractivity contribution is 6.29. The number of rotatable bonds is 3. The summed E-state index contributed by atoms with van der Waals surface area (Å²) < 4.78 is 4.26. The zero-order valence-corrected chi connectivity index (χ0v) is 8.55. The van der Waals surface area contributed by atoms with E-state index in [4.69, 9.17) is 11.6 Å². The number of hydrogen-bond donors (Lipinski definition) is 2. The van der Waals surface area contributed by atoms with Crippen molar-refractivity contribution >= 4 is 17.6 Å². The van der Waals surface area contributed by atoms with Crippen LogP contribution in [0.5, 0.6) is 0 Å². The van der Waals surface area contributed by atoms with Gasteiger partial charge in [-0.2, -0.15) is 5.10 Å². The van der Waals surface area contributed by atoms with Crippen LogP contribution in [0.15, 0.2) is 12.1 Å². The maximum atomic E-state index is 10.9. The number of hydrogen-bond acceptors (Lipinski definition) is 6. The Hall–Kier alpha value is -1.24. The van der Waals surface area contributed by atoms with Gasteiger partial charge in [0.1, 0.15) is 6.10 Å². The van der Waals surface area contributed by atoms with Crippen molar-refractivity contribution in [2.75, 3.05) is 7.11 Å². The Bertz CT molecular complexity index is 343. The number of aliphatic hydroxyl groups is 2. The summed E-state index contributed by atoms with van der Waals surface area (Å²) in [5.41, 5.74) is 0.0392. The van der Waals surface area contributed by atoms with Gasteiger partial charge in [-0.3, -0.25) is 0 Å². The van der Waals surface area contributed by atoms with E-state index >= 15 is 0 Å².